The number of aliphatic carboxylic acids is 1. The van der Waals surface area contributed by atoms with Crippen molar-refractivity contribution in [3.8, 4) is 0 Å². The predicted octanol–water partition coefficient (Wildman–Crippen LogP) is 9.17. The van der Waals surface area contributed by atoms with Crippen LogP contribution in [-0.4, -0.2) is 11.1 Å². The number of carboxylic acids is 1. The first-order chi connectivity index (χ1) is 14.3. The van der Waals surface area contributed by atoms with Gasteiger partial charge in [-0.15, -0.1) is 0 Å². The highest BCUT2D eigenvalue weighted by Gasteiger charge is 1.96. The number of rotatable bonds is 22. The molecule has 0 aliphatic carbocycles. The number of hydrogen-bond donors (Lipinski definition) is 1. The van der Waals surface area contributed by atoms with Gasteiger partial charge >= 0.3 is 5.97 Å². The number of hydrogen-bond acceptors (Lipinski definition) is 1. The molecule has 0 aliphatic heterocycles. The third-order valence-electron chi connectivity index (χ3n) is 5.28. The molecular weight excluding hydrogens is 356 g/mol. The zero-order chi connectivity index (χ0) is 21.3. The monoisotopic (exact) mass is 404 g/mol. The largest absolute Gasteiger partial charge is 0.481 e. The molecule has 0 heterocycles. The predicted molar refractivity (Wildman–Crippen MR) is 128 cm³/mol. The van der Waals surface area contributed by atoms with Gasteiger partial charge in [0.2, 0.25) is 0 Å². The molecule has 0 amide bonds. The summed E-state index contributed by atoms with van der Waals surface area (Å²) in [6.07, 6.45) is 36.6. The minimum Gasteiger partial charge on any atom is -0.481 e. The van der Waals surface area contributed by atoms with Gasteiger partial charge in [0.15, 0.2) is 0 Å². The Labute approximate surface area is 181 Å². The Hall–Kier alpha value is -1.31. The van der Waals surface area contributed by atoms with Crippen LogP contribution in [0.3, 0.4) is 0 Å². The van der Waals surface area contributed by atoms with Gasteiger partial charge < -0.3 is 5.11 Å². The second kappa shape index (κ2) is 24.7. The molecule has 0 fully saturated rings. The number of carboxylic acid groups (broad SMARTS) is 1. The van der Waals surface area contributed by atoms with E-state index in [1.54, 1.807) is 0 Å². The summed E-state index contributed by atoms with van der Waals surface area (Å²) >= 11 is 0. The second-order valence-corrected chi connectivity index (χ2v) is 8.20. The van der Waals surface area contributed by atoms with E-state index in [1.165, 1.54) is 89.9 Å². The summed E-state index contributed by atoms with van der Waals surface area (Å²) in [4.78, 5) is 10.4. The summed E-state index contributed by atoms with van der Waals surface area (Å²) in [7, 11) is 0. The van der Waals surface area contributed by atoms with Crippen LogP contribution in [0, 0.1) is 0 Å². The quantitative estimate of drug-likeness (QED) is 0.144. The fourth-order valence-electron chi connectivity index (χ4n) is 3.42. The van der Waals surface area contributed by atoms with Crippen LogP contribution in [0.4, 0.5) is 0 Å². The zero-order valence-electron chi connectivity index (χ0n) is 19.3. The molecule has 0 aromatic heterocycles. The Bertz CT molecular complexity index is 420. The molecule has 0 saturated heterocycles. The van der Waals surface area contributed by atoms with Gasteiger partial charge in [0.25, 0.3) is 0 Å². The number of unbranched alkanes of at least 4 members (excludes halogenated alkanes) is 14. The smallest absolute Gasteiger partial charge is 0.303 e. The lowest BCUT2D eigenvalue weighted by Crippen LogP contribution is -1.93. The molecule has 0 rings (SSSR count). The van der Waals surface area contributed by atoms with Gasteiger partial charge in [0, 0.05) is 6.42 Å². The highest BCUT2D eigenvalue weighted by Crippen LogP contribution is 2.12. The van der Waals surface area contributed by atoms with E-state index in [-0.39, 0.29) is 0 Å². The van der Waals surface area contributed by atoms with Crippen LogP contribution in [0.25, 0.3) is 0 Å². The van der Waals surface area contributed by atoms with E-state index < -0.39 is 5.97 Å². The molecule has 0 spiro atoms. The summed E-state index contributed by atoms with van der Waals surface area (Å²) in [5.41, 5.74) is 0. The minimum atomic E-state index is -0.659. The zero-order valence-corrected chi connectivity index (χ0v) is 19.3. The fourth-order valence-corrected chi connectivity index (χ4v) is 3.42. The first kappa shape index (κ1) is 27.7. The van der Waals surface area contributed by atoms with E-state index >= 15 is 0 Å². The van der Waals surface area contributed by atoms with Crippen molar-refractivity contribution in [2.45, 2.75) is 129 Å². The molecule has 0 unspecified atom stereocenters. The average molecular weight is 405 g/mol. The maximum Gasteiger partial charge on any atom is 0.303 e. The maximum atomic E-state index is 10.4. The van der Waals surface area contributed by atoms with Crippen molar-refractivity contribution in [1.29, 1.82) is 0 Å². The topological polar surface area (TPSA) is 37.3 Å². The molecule has 168 valence electrons. The number of carbonyl (C=O) groups is 1. The van der Waals surface area contributed by atoms with Crippen LogP contribution in [0.15, 0.2) is 36.5 Å². The van der Waals surface area contributed by atoms with Crippen molar-refractivity contribution in [1.82, 2.24) is 0 Å². The molecule has 0 aromatic rings. The Morgan fingerprint density at radius 2 is 0.931 bits per heavy atom. The molecule has 0 aromatic carbocycles. The first-order valence-corrected chi connectivity index (χ1v) is 12.4. The molecule has 0 aliphatic rings. The maximum absolute atomic E-state index is 10.4. The van der Waals surface area contributed by atoms with Gasteiger partial charge in [0.05, 0.1) is 0 Å². The van der Waals surface area contributed by atoms with Crippen molar-refractivity contribution in [2.75, 3.05) is 0 Å². The SMILES string of the molecule is CCCCCC=CCC=CCC=CCCCCCCCCCCCCCC(=O)O. The summed E-state index contributed by atoms with van der Waals surface area (Å²) in [6.45, 7) is 2.25. The fraction of sp³-hybridized carbons (Fsp3) is 0.741. The summed E-state index contributed by atoms with van der Waals surface area (Å²) in [5, 5.41) is 8.58. The molecule has 2 nitrogen and oxygen atoms in total. The van der Waals surface area contributed by atoms with E-state index in [1.807, 2.05) is 0 Å². The highest BCUT2D eigenvalue weighted by molar-refractivity contribution is 5.66. The van der Waals surface area contributed by atoms with E-state index in [2.05, 4.69) is 43.4 Å². The van der Waals surface area contributed by atoms with Gasteiger partial charge in [-0.05, 0) is 44.9 Å². The van der Waals surface area contributed by atoms with Crippen LogP contribution in [0.2, 0.25) is 0 Å². The van der Waals surface area contributed by atoms with E-state index in [4.69, 9.17) is 5.11 Å². The molecule has 0 radical (unpaired) electrons. The second-order valence-electron chi connectivity index (χ2n) is 8.20. The van der Waals surface area contributed by atoms with Crippen molar-refractivity contribution in [3.05, 3.63) is 36.5 Å². The average Bonchev–Trinajstić information content (AvgIpc) is 2.71. The van der Waals surface area contributed by atoms with Crippen LogP contribution in [-0.2, 0) is 4.79 Å². The third-order valence-corrected chi connectivity index (χ3v) is 5.28. The van der Waals surface area contributed by atoms with Crippen molar-refractivity contribution < 1.29 is 9.90 Å². The summed E-state index contributed by atoms with van der Waals surface area (Å²) < 4.78 is 0. The molecule has 0 saturated carbocycles. The van der Waals surface area contributed by atoms with Crippen molar-refractivity contribution >= 4 is 5.97 Å². The van der Waals surface area contributed by atoms with Crippen LogP contribution in [0.1, 0.15) is 129 Å². The summed E-state index contributed by atoms with van der Waals surface area (Å²) in [5.74, 6) is -0.659. The standard InChI is InChI=1S/C27H48O2/c1-2-3-4-5-6-7-8-9-10-11-12-13-14-15-16-17-18-19-20-21-22-23-24-25-26-27(28)29/h6-7,9-10,12-13H,2-5,8,11,14-26H2,1H3,(H,28,29). The normalized spacial score (nSPS) is 12.0. The van der Waals surface area contributed by atoms with Gasteiger partial charge in [-0.3, -0.25) is 4.79 Å². The third kappa shape index (κ3) is 26.7. The van der Waals surface area contributed by atoms with Crippen molar-refractivity contribution in [3.63, 3.8) is 0 Å². The molecule has 0 bridgehead atoms. The van der Waals surface area contributed by atoms with Crippen LogP contribution < -0.4 is 0 Å². The van der Waals surface area contributed by atoms with Gasteiger partial charge in [-0.2, -0.15) is 0 Å². The Morgan fingerprint density at radius 1 is 0.552 bits per heavy atom. The molecular formula is C27H48O2. The molecule has 0 atom stereocenters. The summed E-state index contributed by atoms with van der Waals surface area (Å²) in [6, 6.07) is 0. The van der Waals surface area contributed by atoms with Crippen LogP contribution in [0.5, 0.6) is 0 Å². The Kier molecular flexibility index (Phi) is 23.6. The highest BCUT2D eigenvalue weighted by atomic mass is 16.4. The number of allylic oxidation sites excluding steroid dienone is 6. The van der Waals surface area contributed by atoms with E-state index in [0.29, 0.717) is 6.42 Å². The van der Waals surface area contributed by atoms with Crippen LogP contribution >= 0.6 is 0 Å². The minimum absolute atomic E-state index is 0.336. The Morgan fingerprint density at radius 3 is 1.38 bits per heavy atom. The first-order valence-electron chi connectivity index (χ1n) is 12.4. The lowest BCUT2D eigenvalue weighted by atomic mass is 10.0. The van der Waals surface area contributed by atoms with Gasteiger partial charge in [-0.1, -0.05) is 114 Å². The van der Waals surface area contributed by atoms with Gasteiger partial charge in [-0.25, -0.2) is 0 Å². The van der Waals surface area contributed by atoms with E-state index in [9.17, 15) is 4.79 Å². The van der Waals surface area contributed by atoms with Crippen molar-refractivity contribution in [2.24, 2.45) is 0 Å². The molecule has 29 heavy (non-hydrogen) atoms. The lowest BCUT2D eigenvalue weighted by Gasteiger charge is -2.02. The van der Waals surface area contributed by atoms with Gasteiger partial charge in [0.1, 0.15) is 0 Å². The van der Waals surface area contributed by atoms with E-state index in [0.717, 1.165) is 25.7 Å². The Balaban J connectivity index is 3.20. The molecule has 1 N–H and O–H groups in total. The molecule has 2 heteroatoms. The lowest BCUT2D eigenvalue weighted by molar-refractivity contribution is -0.137.